The van der Waals surface area contributed by atoms with Crippen LogP contribution in [0.2, 0.25) is 0 Å². The van der Waals surface area contributed by atoms with Crippen LogP contribution >= 0.6 is 0 Å². The summed E-state index contributed by atoms with van der Waals surface area (Å²) in [5.41, 5.74) is 11.0. The molecule has 4 rings (SSSR count). The summed E-state index contributed by atoms with van der Waals surface area (Å²) in [6, 6.07) is 20.9. The number of aromatic hydroxyl groups is 2. The van der Waals surface area contributed by atoms with Gasteiger partial charge < -0.3 is 10.2 Å². The van der Waals surface area contributed by atoms with Crippen molar-refractivity contribution >= 4 is 34.1 Å². The Morgan fingerprint density at radius 1 is 0.443 bits per heavy atom. The molecule has 4 nitrogen and oxygen atoms in total. The van der Waals surface area contributed by atoms with Crippen molar-refractivity contribution in [3.8, 4) is 11.5 Å². The van der Waals surface area contributed by atoms with Crippen molar-refractivity contribution in [2.75, 3.05) is 0 Å². The molecule has 0 saturated carbocycles. The summed E-state index contributed by atoms with van der Waals surface area (Å²) in [5.74, 6) is -0.00297. The van der Waals surface area contributed by atoms with E-state index in [1.165, 1.54) is 182 Å². The molecule has 0 spiro atoms. The van der Waals surface area contributed by atoms with Gasteiger partial charge in [0, 0.05) is 21.9 Å². The van der Waals surface area contributed by atoms with Gasteiger partial charge in [0.1, 0.15) is 0 Å². The van der Waals surface area contributed by atoms with Crippen molar-refractivity contribution in [2.45, 2.75) is 254 Å². The maximum absolute atomic E-state index is 10.0. The summed E-state index contributed by atoms with van der Waals surface area (Å²) in [6.45, 7) is 15.5. The zero-order valence-corrected chi connectivity index (χ0v) is 46.7. The molecule has 0 aliphatic rings. The summed E-state index contributed by atoms with van der Waals surface area (Å²) in [4.78, 5) is 9.91. The second-order valence-corrected chi connectivity index (χ2v) is 19.8. The Morgan fingerprint density at radius 2 is 0.886 bits per heavy atom. The summed E-state index contributed by atoms with van der Waals surface area (Å²) >= 11 is 0. The molecule has 0 aromatic heterocycles. The van der Waals surface area contributed by atoms with E-state index < -0.39 is 0 Å². The van der Waals surface area contributed by atoms with E-state index in [1.807, 2.05) is 18.3 Å². The number of aliphatic imine (C=N–C) groups is 2. The van der Waals surface area contributed by atoms with Gasteiger partial charge in [0.2, 0.25) is 0 Å². The average molecular weight is 1000 g/mol. The third-order valence-electron chi connectivity index (χ3n) is 14.2. The number of phenols is 2. The van der Waals surface area contributed by atoms with Gasteiger partial charge >= 0.3 is 0 Å². The van der Waals surface area contributed by atoms with Gasteiger partial charge in [-0.05, 0) is 133 Å². The fraction of sp³-hybridized carbons (Fsp3) is 0.600. The topological polar surface area (TPSA) is 65.2 Å². The first-order valence-corrected chi connectivity index (χ1v) is 28.8. The third kappa shape index (κ3) is 24.6. The number of hydrogen-bond donors (Lipinski definition) is 2. The number of aryl methyl sites for hydroxylation is 6. The molecule has 0 radical (unpaired) electrons. The number of phenolic OH excluding ortho intramolecular Hbond substituents is 2. The van der Waals surface area contributed by atoms with Crippen molar-refractivity contribution < 1.29 is 26.7 Å². The molecule has 4 aromatic rings. The predicted octanol–water partition coefficient (Wildman–Crippen LogP) is 20.5. The van der Waals surface area contributed by atoms with Gasteiger partial charge in [-0.1, -0.05) is 233 Å². The number of benzene rings is 4. The maximum Gasteiger partial charge on any atom is 0.165 e. The second kappa shape index (κ2) is 39.9. The van der Waals surface area contributed by atoms with Gasteiger partial charge in [-0.25, -0.2) is 4.99 Å². The molecule has 0 aliphatic heterocycles. The number of allylic oxidation sites excluding steroid dienone is 2. The zero-order valence-electron chi connectivity index (χ0n) is 45.7. The van der Waals surface area contributed by atoms with Crippen LogP contribution in [0.4, 0.5) is 11.4 Å². The minimum Gasteiger partial charge on any atom is -0.504 e. The summed E-state index contributed by atoms with van der Waals surface area (Å²) < 4.78 is 0. The molecule has 0 aliphatic carbocycles. The first-order valence-electron chi connectivity index (χ1n) is 28.8. The standard InChI is InChI=1S/C48H78N2.C17H22O2.Ni/c1-6-11-12-13-14-15-16-17-18-19-20-21-22-23-24-25-26-27-28-29-30-31-32-33-34-48(50-47-38-36-43(8-3)45(10-5)40-47)41-49-46-37-35-42(7-2)44(9-4)39-46;1-3-5-6-8-13-11-15(18)17(19)14-10-7-9-12(4-2)16(13)14;/h33-41H,6-32H2,1-5H3;7,9-11,18-19H,3-6,8H2,1-2H3;. The SMILES string of the molecule is CCCCCCCCCCCCCCCCCCCCCCCCC=CC(C=Nc1ccc(CC)c(CC)c1)=Nc1ccc(CC)c(CC)c1.CCCCCc1cc(O)c(O)c2cccc(CC)c12.[Ni]. The van der Waals surface area contributed by atoms with Crippen LogP contribution in [-0.4, -0.2) is 22.1 Å². The Labute approximate surface area is 440 Å². The Balaban J connectivity index is 0.000000696. The van der Waals surface area contributed by atoms with E-state index in [0.717, 1.165) is 84.8 Å². The van der Waals surface area contributed by atoms with Crippen molar-refractivity contribution in [2.24, 2.45) is 9.98 Å². The number of unbranched alkanes of at least 4 members (excludes halogenated alkanes) is 24. The minimum atomic E-state index is -0.00717. The van der Waals surface area contributed by atoms with Crippen molar-refractivity contribution in [1.29, 1.82) is 0 Å². The predicted molar refractivity (Wildman–Crippen MR) is 307 cm³/mol. The van der Waals surface area contributed by atoms with Gasteiger partial charge in [-0.3, -0.25) is 4.99 Å². The quantitative estimate of drug-likeness (QED) is 0.0206. The molecule has 0 saturated heterocycles. The van der Waals surface area contributed by atoms with E-state index in [0.29, 0.717) is 0 Å². The molecule has 70 heavy (non-hydrogen) atoms. The van der Waals surface area contributed by atoms with Crippen LogP contribution < -0.4 is 0 Å². The van der Waals surface area contributed by atoms with Crippen molar-refractivity contribution in [3.63, 3.8) is 0 Å². The fourth-order valence-electron chi connectivity index (χ4n) is 9.87. The number of nitrogens with zero attached hydrogens (tertiary/aromatic N) is 2. The fourth-order valence-corrected chi connectivity index (χ4v) is 9.87. The van der Waals surface area contributed by atoms with E-state index in [-0.39, 0.29) is 28.0 Å². The van der Waals surface area contributed by atoms with E-state index >= 15 is 0 Å². The molecule has 0 unspecified atom stereocenters. The summed E-state index contributed by atoms with van der Waals surface area (Å²) in [7, 11) is 0. The number of hydrogen-bond acceptors (Lipinski definition) is 4. The number of rotatable bonds is 36. The van der Waals surface area contributed by atoms with Gasteiger partial charge in [0.05, 0.1) is 23.3 Å². The van der Waals surface area contributed by atoms with Crippen LogP contribution in [0.3, 0.4) is 0 Å². The Morgan fingerprint density at radius 3 is 1.37 bits per heavy atom. The van der Waals surface area contributed by atoms with Crippen LogP contribution in [-0.2, 0) is 55.0 Å². The molecule has 0 atom stereocenters. The number of fused-ring (bicyclic) bond motifs is 1. The first kappa shape index (κ1) is 62.4. The van der Waals surface area contributed by atoms with Gasteiger partial charge in [-0.2, -0.15) is 0 Å². The van der Waals surface area contributed by atoms with Crippen molar-refractivity contribution in [3.05, 3.63) is 106 Å². The Bertz CT molecular complexity index is 2060. The van der Waals surface area contributed by atoms with Crippen LogP contribution in [0.1, 0.15) is 249 Å². The van der Waals surface area contributed by atoms with E-state index in [9.17, 15) is 10.2 Å². The van der Waals surface area contributed by atoms with E-state index in [2.05, 4.69) is 103 Å². The molecule has 2 N–H and O–H groups in total. The van der Waals surface area contributed by atoms with Gasteiger partial charge in [0.25, 0.3) is 0 Å². The largest absolute Gasteiger partial charge is 0.504 e. The second-order valence-electron chi connectivity index (χ2n) is 19.8. The molecule has 5 heteroatoms. The molecule has 4 aromatic carbocycles. The monoisotopic (exact) mass is 999 g/mol. The summed E-state index contributed by atoms with van der Waals surface area (Å²) in [6.07, 6.45) is 48.6. The molecule has 392 valence electrons. The van der Waals surface area contributed by atoms with Crippen LogP contribution in [0.25, 0.3) is 10.8 Å². The van der Waals surface area contributed by atoms with Gasteiger partial charge in [-0.15, -0.1) is 0 Å². The van der Waals surface area contributed by atoms with Gasteiger partial charge in [0.15, 0.2) is 11.5 Å². The molecular weight excluding hydrogens is 899 g/mol. The Kier molecular flexibility index (Phi) is 35.6. The van der Waals surface area contributed by atoms with Crippen LogP contribution in [0.5, 0.6) is 11.5 Å². The molecule has 0 bridgehead atoms. The average Bonchev–Trinajstić information content (AvgIpc) is 3.37. The van der Waals surface area contributed by atoms with Crippen LogP contribution in [0, 0.1) is 0 Å². The molecular formula is C65H100N2NiO2. The van der Waals surface area contributed by atoms with Crippen LogP contribution in [0.15, 0.2) is 82.8 Å². The molecule has 0 fully saturated rings. The molecule has 0 amide bonds. The Hall–Kier alpha value is -3.69. The first-order chi connectivity index (χ1) is 33.8. The third-order valence-corrected chi connectivity index (χ3v) is 14.2. The van der Waals surface area contributed by atoms with E-state index in [1.54, 1.807) is 6.07 Å². The maximum atomic E-state index is 10.0. The van der Waals surface area contributed by atoms with Crippen molar-refractivity contribution in [1.82, 2.24) is 0 Å². The molecule has 0 heterocycles. The summed E-state index contributed by atoms with van der Waals surface area (Å²) in [5, 5.41) is 21.8. The smallest absolute Gasteiger partial charge is 0.165 e. The van der Waals surface area contributed by atoms with E-state index in [4.69, 9.17) is 9.98 Å². The normalized spacial score (nSPS) is 11.7. The zero-order chi connectivity index (χ0) is 49.7. The minimum absolute atomic E-state index is 0.